The highest BCUT2D eigenvalue weighted by molar-refractivity contribution is 7.91. The van der Waals surface area contributed by atoms with Gasteiger partial charge in [0.05, 0.1) is 22.7 Å². The second kappa shape index (κ2) is 7.52. The van der Waals surface area contributed by atoms with Gasteiger partial charge in [-0.15, -0.1) is 5.10 Å². The van der Waals surface area contributed by atoms with Gasteiger partial charge in [0.1, 0.15) is 0 Å². The Labute approximate surface area is 175 Å². The maximum Gasteiger partial charge on any atom is 0.228 e. The zero-order valence-corrected chi connectivity index (χ0v) is 17.4. The predicted molar refractivity (Wildman–Crippen MR) is 116 cm³/mol. The summed E-state index contributed by atoms with van der Waals surface area (Å²) in [6.45, 7) is 1.93. The molecule has 30 heavy (non-hydrogen) atoms. The molecule has 0 bridgehead atoms. The van der Waals surface area contributed by atoms with Crippen molar-refractivity contribution in [3.63, 3.8) is 0 Å². The summed E-state index contributed by atoms with van der Waals surface area (Å²) in [7, 11) is -2.86. The topological polar surface area (TPSA) is 83.8 Å². The number of rotatable bonds is 5. The molecule has 1 saturated heterocycles. The summed E-state index contributed by atoms with van der Waals surface area (Å²) < 4.78 is 25.0. The molecule has 156 valence electrons. The Hall–Kier alpha value is -2.71. The van der Waals surface area contributed by atoms with Crippen molar-refractivity contribution in [3.05, 3.63) is 54.1 Å². The van der Waals surface area contributed by atoms with Crippen molar-refractivity contribution in [1.29, 1.82) is 0 Å². The highest BCUT2D eigenvalue weighted by Crippen LogP contribution is 2.30. The molecule has 8 heteroatoms. The summed E-state index contributed by atoms with van der Waals surface area (Å²) in [6.07, 6.45) is 1.92. The summed E-state index contributed by atoms with van der Waals surface area (Å²) in [4.78, 5) is 14.2. The number of anilines is 1. The van der Waals surface area contributed by atoms with Gasteiger partial charge in [-0.25, -0.2) is 12.9 Å². The van der Waals surface area contributed by atoms with Gasteiger partial charge in [-0.05, 0) is 30.5 Å². The van der Waals surface area contributed by atoms with Gasteiger partial charge in [0.25, 0.3) is 0 Å². The fraction of sp³-hybridized carbons (Fsp3) is 0.364. The van der Waals surface area contributed by atoms with E-state index in [1.54, 1.807) is 0 Å². The van der Waals surface area contributed by atoms with E-state index in [1.165, 1.54) is 0 Å². The molecule has 1 aliphatic heterocycles. The van der Waals surface area contributed by atoms with Crippen LogP contribution in [0.5, 0.6) is 0 Å². The van der Waals surface area contributed by atoms with Crippen molar-refractivity contribution < 1.29 is 13.2 Å². The van der Waals surface area contributed by atoms with E-state index < -0.39 is 9.84 Å². The Balaban J connectivity index is 1.33. The van der Waals surface area contributed by atoms with Crippen molar-refractivity contribution in [2.24, 2.45) is 5.92 Å². The molecular weight excluding hydrogens is 400 g/mol. The Morgan fingerprint density at radius 3 is 2.50 bits per heavy atom. The van der Waals surface area contributed by atoms with E-state index in [4.69, 9.17) is 0 Å². The number of amides is 1. The molecule has 3 aromatic rings. The molecule has 0 unspecified atom stereocenters. The third kappa shape index (κ3) is 4.11. The Morgan fingerprint density at radius 1 is 1.07 bits per heavy atom. The molecule has 2 aliphatic rings. The molecule has 1 amide bonds. The van der Waals surface area contributed by atoms with Gasteiger partial charge in [-0.3, -0.25) is 9.69 Å². The average molecular weight is 425 g/mol. The quantitative estimate of drug-likeness (QED) is 0.681. The van der Waals surface area contributed by atoms with Gasteiger partial charge < -0.3 is 5.32 Å². The lowest BCUT2D eigenvalue weighted by Crippen LogP contribution is -2.39. The summed E-state index contributed by atoms with van der Waals surface area (Å²) in [5.74, 6) is 1.26. The third-order valence-electron chi connectivity index (χ3n) is 5.78. The lowest BCUT2D eigenvalue weighted by atomic mass is 10.1. The van der Waals surface area contributed by atoms with Gasteiger partial charge in [-0.2, -0.15) is 0 Å². The standard InChI is InChI=1S/C22H24N4O3S/c27-22(18-8-9-18)23-21-14-19-2-1-3-20(26(19)24-21)17-6-4-16(5-7-17)15-25-10-12-30(28,29)13-11-25/h1-7,14,18H,8-13,15H2,(H,23,24,27). The van der Waals surface area contributed by atoms with Crippen molar-refractivity contribution in [2.75, 3.05) is 29.9 Å². The number of aromatic nitrogens is 2. The van der Waals surface area contributed by atoms with Crippen LogP contribution in [0.15, 0.2) is 48.5 Å². The van der Waals surface area contributed by atoms with Crippen LogP contribution in [0, 0.1) is 5.92 Å². The van der Waals surface area contributed by atoms with Crippen molar-refractivity contribution in [2.45, 2.75) is 19.4 Å². The number of carbonyl (C=O) groups is 1. The molecule has 5 rings (SSSR count). The minimum atomic E-state index is -2.86. The van der Waals surface area contributed by atoms with E-state index >= 15 is 0 Å². The van der Waals surface area contributed by atoms with Crippen LogP contribution in [0.25, 0.3) is 16.8 Å². The Kier molecular flexibility index (Phi) is 4.83. The van der Waals surface area contributed by atoms with Crippen LogP contribution in [0.3, 0.4) is 0 Å². The third-order valence-corrected chi connectivity index (χ3v) is 7.39. The molecule has 0 spiro atoms. The first-order valence-corrected chi connectivity index (χ1v) is 12.1. The molecule has 1 N–H and O–H groups in total. The van der Waals surface area contributed by atoms with Gasteiger partial charge in [0.2, 0.25) is 5.91 Å². The number of nitrogens with zero attached hydrogens (tertiary/aromatic N) is 3. The van der Waals surface area contributed by atoms with E-state index in [0.717, 1.165) is 41.7 Å². The van der Waals surface area contributed by atoms with Crippen LogP contribution in [-0.4, -0.2) is 53.4 Å². The summed E-state index contributed by atoms with van der Waals surface area (Å²) in [5, 5.41) is 7.50. The number of hydrogen-bond acceptors (Lipinski definition) is 5. The zero-order chi connectivity index (χ0) is 20.7. The maximum atomic E-state index is 12.0. The Morgan fingerprint density at radius 2 is 1.80 bits per heavy atom. The molecule has 0 radical (unpaired) electrons. The van der Waals surface area contributed by atoms with E-state index in [1.807, 2.05) is 28.8 Å². The molecule has 1 aliphatic carbocycles. The van der Waals surface area contributed by atoms with Gasteiger partial charge in [0.15, 0.2) is 15.7 Å². The minimum Gasteiger partial charge on any atom is -0.309 e. The van der Waals surface area contributed by atoms with Crippen LogP contribution in [-0.2, 0) is 21.2 Å². The lowest BCUT2D eigenvalue weighted by Gasteiger charge is -2.26. The SMILES string of the molecule is O=C(Nc1cc2cccc(-c3ccc(CN4CCS(=O)(=O)CC4)cc3)n2n1)C1CC1. The Bertz CT molecular complexity index is 1180. The smallest absolute Gasteiger partial charge is 0.228 e. The molecule has 1 saturated carbocycles. The molecule has 2 aromatic heterocycles. The van der Waals surface area contributed by atoms with E-state index in [-0.39, 0.29) is 23.3 Å². The number of nitrogens with one attached hydrogen (secondary N) is 1. The summed E-state index contributed by atoms with van der Waals surface area (Å²) in [6, 6.07) is 16.2. The second-order valence-corrected chi connectivity index (χ2v) is 10.5. The number of pyridine rings is 1. The molecule has 2 fully saturated rings. The van der Waals surface area contributed by atoms with Crippen LogP contribution in [0.2, 0.25) is 0 Å². The maximum absolute atomic E-state index is 12.0. The van der Waals surface area contributed by atoms with Crippen LogP contribution >= 0.6 is 0 Å². The molecule has 3 heterocycles. The number of fused-ring (bicyclic) bond motifs is 1. The first-order chi connectivity index (χ1) is 14.5. The highest BCUT2D eigenvalue weighted by Gasteiger charge is 2.30. The number of benzene rings is 1. The van der Waals surface area contributed by atoms with Gasteiger partial charge in [0, 0.05) is 37.2 Å². The number of sulfone groups is 1. The van der Waals surface area contributed by atoms with Crippen molar-refractivity contribution in [1.82, 2.24) is 14.5 Å². The molecule has 1 aromatic carbocycles. The van der Waals surface area contributed by atoms with Crippen LogP contribution in [0.1, 0.15) is 18.4 Å². The van der Waals surface area contributed by atoms with E-state index in [0.29, 0.717) is 18.9 Å². The van der Waals surface area contributed by atoms with Crippen LogP contribution < -0.4 is 5.32 Å². The minimum absolute atomic E-state index is 0.0508. The van der Waals surface area contributed by atoms with Gasteiger partial charge in [-0.1, -0.05) is 30.3 Å². The predicted octanol–water partition coefficient (Wildman–Crippen LogP) is 2.58. The van der Waals surface area contributed by atoms with Gasteiger partial charge >= 0.3 is 0 Å². The molecule has 0 atom stereocenters. The molecule has 7 nitrogen and oxygen atoms in total. The van der Waals surface area contributed by atoms with Crippen LogP contribution in [0.4, 0.5) is 5.82 Å². The monoisotopic (exact) mass is 424 g/mol. The van der Waals surface area contributed by atoms with E-state index in [2.05, 4.69) is 39.6 Å². The normalized spacial score (nSPS) is 19.1. The summed E-state index contributed by atoms with van der Waals surface area (Å²) >= 11 is 0. The fourth-order valence-electron chi connectivity index (χ4n) is 3.82. The first kappa shape index (κ1) is 19.3. The fourth-order valence-corrected chi connectivity index (χ4v) is 5.09. The lowest BCUT2D eigenvalue weighted by molar-refractivity contribution is -0.117. The average Bonchev–Trinajstić information content (AvgIpc) is 3.50. The summed E-state index contributed by atoms with van der Waals surface area (Å²) in [5.41, 5.74) is 4.07. The van der Waals surface area contributed by atoms with Crippen molar-refractivity contribution >= 4 is 27.1 Å². The highest BCUT2D eigenvalue weighted by atomic mass is 32.2. The van der Waals surface area contributed by atoms with E-state index in [9.17, 15) is 13.2 Å². The van der Waals surface area contributed by atoms with Crippen molar-refractivity contribution in [3.8, 4) is 11.3 Å². The second-order valence-electron chi connectivity index (χ2n) is 8.17. The zero-order valence-electron chi connectivity index (χ0n) is 16.6. The largest absolute Gasteiger partial charge is 0.309 e. The number of hydrogen-bond donors (Lipinski definition) is 1. The number of carbonyl (C=O) groups excluding carboxylic acids is 1. The first-order valence-electron chi connectivity index (χ1n) is 10.3. The molecular formula is C22H24N4O3S.